The first-order chi connectivity index (χ1) is 12.0. The highest BCUT2D eigenvalue weighted by molar-refractivity contribution is 7.91. The molecule has 0 spiro atoms. The zero-order chi connectivity index (χ0) is 17.9. The highest BCUT2D eigenvalue weighted by atomic mass is 32.2. The molecule has 5 nitrogen and oxygen atoms in total. The second-order valence-electron chi connectivity index (χ2n) is 5.55. The van der Waals surface area contributed by atoms with Crippen molar-refractivity contribution in [2.24, 2.45) is 0 Å². The van der Waals surface area contributed by atoms with E-state index in [4.69, 9.17) is 0 Å². The summed E-state index contributed by atoms with van der Waals surface area (Å²) >= 11 is 1.19. The van der Waals surface area contributed by atoms with Crippen LogP contribution in [-0.4, -0.2) is 49.7 Å². The lowest BCUT2D eigenvalue weighted by atomic mass is 10.2. The van der Waals surface area contributed by atoms with Gasteiger partial charge in [-0.05, 0) is 35.2 Å². The SMILES string of the molecule is O=C(/C=C/c1cccc(F)c1)N1CCN(S(=O)(=O)c2cccs2)CC1. The van der Waals surface area contributed by atoms with E-state index in [1.165, 1.54) is 33.9 Å². The number of sulfonamides is 1. The Bertz CT molecular complexity index is 871. The maximum Gasteiger partial charge on any atom is 0.252 e. The number of carbonyl (C=O) groups is 1. The molecule has 1 aliphatic heterocycles. The normalized spacial score (nSPS) is 16.4. The Morgan fingerprint density at radius 3 is 2.52 bits per heavy atom. The fraction of sp³-hybridized carbons (Fsp3) is 0.235. The molecule has 0 saturated carbocycles. The third-order valence-electron chi connectivity index (χ3n) is 3.91. The van der Waals surface area contributed by atoms with Crippen LogP contribution in [0.15, 0.2) is 52.1 Å². The van der Waals surface area contributed by atoms with Gasteiger partial charge in [-0.2, -0.15) is 4.31 Å². The van der Waals surface area contributed by atoms with Gasteiger partial charge in [-0.1, -0.05) is 18.2 Å². The number of halogens is 1. The number of thiophene rings is 1. The van der Waals surface area contributed by atoms with E-state index in [2.05, 4.69) is 0 Å². The van der Waals surface area contributed by atoms with Crippen LogP contribution in [0.5, 0.6) is 0 Å². The smallest absolute Gasteiger partial charge is 0.252 e. The maximum atomic E-state index is 13.1. The molecule has 0 radical (unpaired) electrons. The Labute approximate surface area is 150 Å². The first-order valence-electron chi connectivity index (χ1n) is 7.73. The first-order valence-corrected chi connectivity index (χ1v) is 10.0. The van der Waals surface area contributed by atoms with E-state index in [9.17, 15) is 17.6 Å². The second kappa shape index (κ2) is 7.47. The van der Waals surface area contributed by atoms with Crippen LogP contribution in [0.3, 0.4) is 0 Å². The molecule has 0 atom stereocenters. The Hall–Kier alpha value is -2.03. The van der Waals surface area contributed by atoms with Crippen LogP contribution in [0.4, 0.5) is 4.39 Å². The average molecular weight is 380 g/mol. The predicted molar refractivity (Wildman–Crippen MR) is 95.1 cm³/mol. The standard InChI is InChI=1S/C17H17FN2O3S2/c18-15-4-1-3-14(13-15)6-7-16(21)19-8-10-20(11-9-19)25(22,23)17-5-2-12-24-17/h1-7,12-13H,8-11H2/b7-6+. The Morgan fingerprint density at radius 1 is 1.12 bits per heavy atom. The summed E-state index contributed by atoms with van der Waals surface area (Å²) in [5.74, 6) is -0.570. The van der Waals surface area contributed by atoms with Crippen molar-refractivity contribution in [3.63, 3.8) is 0 Å². The zero-order valence-electron chi connectivity index (χ0n) is 13.3. The molecule has 132 valence electrons. The van der Waals surface area contributed by atoms with Gasteiger partial charge in [-0.15, -0.1) is 11.3 Å². The quantitative estimate of drug-likeness (QED) is 0.766. The number of piperazine rings is 1. The summed E-state index contributed by atoms with van der Waals surface area (Å²) in [7, 11) is -3.47. The number of hydrogen-bond acceptors (Lipinski definition) is 4. The number of benzene rings is 1. The maximum absolute atomic E-state index is 13.1. The minimum Gasteiger partial charge on any atom is -0.337 e. The largest absolute Gasteiger partial charge is 0.337 e. The van der Waals surface area contributed by atoms with Gasteiger partial charge < -0.3 is 4.90 Å². The summed E-state index contributed by atoms with van der Waals surface area (Å²) < 4.78 is 39.7. The van der Waals surface area contributed by atoms with Gasteiger partial charge in [0.05, 0.1) is 0 Å². The molecule has 0 N–H and O–H groups in total. The molecule has 2 aromatic rings. The van der Waals surface area contributed by atoms with Crippen LogP contribution in [0, 0.1) is 5.82 Å². The van der Waals surface area contributed by atoms with Crippen molar-refractivity contribution in [1.82, 2.24) is 9.21 Å². The highest BCUT2D eigenvalue weighted by Crippen LogP contribution is 2.22. The van der Waals surface area contributed by atoms with Crippen molar-refractivity contribution in [2.75, 3.05) is 26.2 Å². The molecule has 2 heterocycles. The molecular weight excluding hydrogens is 363 g/mol. The van der Waals surface area contributed by atoms with E-state index in [-0.39, 0.29) is 24.8 Å². The summed E-state index contributed by atoms with van der Waals surface area (Å²) in [6.07, 6.45) is 2.94. The predicted octanol–water partition coefficient (Wildman–Crippen LogP) is 2.43. The molecule has 0 unspecified atom stereocenters. The van der Waals surface area contributed by atoms with Gasteiger partial charge in [-0.3, -0.25) is 4.79 Å². The van der Waals surface area contributed by atoms with E-state index in [0.717, 1.165) is 0 Å². The van der Waals surface area contributed by atoms with E-state index < -0.39 is 10.0 Å². The molecule has 3 rings (SSSR count). The third kappa shape index (κ3) is 4.15. The van der Waals surface area contributed by atoms with Gasteiger partial charge in [0.1, 0.15) is 10.0 Å². The fourth-order valence-corrected chi connectivity index (χ4v) is 5.14. The number of amides is 1. The molecule has 1 amide bonds. The molecule has 25 heavy (non-hydrogen) atoms. The minimum atomic E-state index is -3.47. The van der Waals surface area contributed by atoms with Crippen molar-refractivity contribution >= 4 is 33.3 Å². The van der Waals surface area contributed by atoms with Crippen LogP contribution in [0.25, 0.3) is 6.08 Å². The summed E-state index contributed by atoms with van der Waals surface area (Å²) in [4.78, 5) is 13.8. The molecule has 1 aliphatic rings. The van der Waals surface area contributed by atoms with Gasteiger partial charge in [0, 0.05) is 32.3 Å². The van der Waals surface area contributed by atoms with Crippen LogP contribution in [0.2, 0.25) is 0 Å². The van der Waals surface area contributed by atoms with E-state index >= 15 is 0 Å². The number of carbonyl (C=O) groups excluding carboxylic acids is 1. The van der Waals surface area contributed by atoms with Crippen LogP contribution in [0.1, 0.15) is 5.56 Å². The van der Waals surface area contributed by atoms with E-state index in [1.54, 1.807) is 40.6 Å². The summed E-state index contributed by atoms with van der Waals surface area (Å²) in [5.41, 5.74) is 0.604. The monoisotopic (exact) mass is 380 g/mol. The lowest BCUT2D eigenvalue weighted by Crippen LogP contribution is -2.50. The highest BCUT2D eigenvalue weighted by Gasteiger charge is 2.30. The second-order valence-corrected chi connectivity index (χ2v) is 8.66. The fourth-order valence-electron chi connectivity index (χ4n) is 2.57. The van der Waals surface area contributed by atoms with E-state index in [0.29, 0.717) is 22.9 Å². The van der Waals surface area contributed by atoms with Crippen LogP contribution < -0.4 is 0 Å². The van der Waals surface area contributed by atoms with Crippen molar-refractivity contribution in [3.8, 4) is 0 Å². The lowest BCUT2D eigenvalue weighted by Gasteiger charge is -2.33. The van der Waals surface area contributed by atoms with Crippen LogP contribution >= 0.6 is 11.3 Å². The number of hydrogen-bond donors (Lipinski definition) is 0. The third-order valence-corrected chi connectivity index (χ3v) is 7.18. The number of rotatable bonds is 4. The summed E-state index contributed by atoms with van der Waals surface area (Å²) in [6.45, 7) is 1.19. The van der Waals surface area contributed by atoms with Crippen LogP contribution in [-0.2, 0) is 14.8 Å². The van der Waals surface area contributed by atoms with Gasteiger partial charge in [0.15, 0.2) is 0 Å². The molecule has 8 heteroatoms. The van der Waals surface area contributed by atoms with E-state index in [1.807, 2.05) is 0 Å². The first kappa shape index (κ1) is 17.8. The zero-order valence-corrected chi connectivity index (χ0v) is 15.0. The van der Waals surface area contributed by atoms with Crippen molar-refractivity contribution < 1.29 is 17.6 Å². The summed E-state index contributed by atoms with van der Waals surface area (Å²) in [6, 6.07) is 9.25. The Morgan fingerprint density at radius 2 is 1.88 bits per heavy atom. The minimum absolute atomic E-state index is 0.211. The van der Waals surface area contributed by atoms with Gasteiger partial charge >= 0.3 is 0 Å². The molecule has 1 saturated heterocycles. The molecule has 0 bridgehead atoms. The Balaban J connectivity index is 1.59. The van der Waals surface area contributed by atoms with Crippen molar-refractivity contribution in [1.29, 1.82) is 0 Å². The average Bonchev–Trinajstić information content (AvgIpc) is 3.15. The van der Waals surface area contributed by atoms with Gasteiger partial charge in [0.25, 0.3) is 10.0 Å². The lowest BCUT2D eigenvalue weighted by molar-refractivity contribution is -0.127. The molecule has 0 aliphatic carbocycles. The summed E-state index contributed by atoms with van der Waals surface area (Å²) in [5, 5.41) is 1.73. The molecule has 1 aromatic heterocycles. The van der Waals surface area contributed by atoms with Crippen molar-refractivity contribution in [3.05, 3.63) is 59.2 Å². The molecule has 1 aromatic carbocycles. The molecule has 1 fully saturated rings. The number of nitrogens with zero attached hydrogens (tertiary/aromatic N) is 2. The molecular formula is C17H17FN2O3S2. The van der Waals surface area contributed by atoms with Gasteiger partial charge in [-0.25, -0.2) is 12.8 Å². The van der Waals surface area contributed by atoms with Crippen molar-refractivity contribution in [2.45, 2.75) is 4.21 Å². The van der Waals surface area contributed by atoms with Gasteiger partial charge in [0.2, 0.25) is 5.91 Å². The Kier molecular flexibility index (Phi) is 5.31. The topological polar surface area (TPSA) is 57.7 Å².